The number of benzene rings is 1. The van der Waals surface area contributed by atoms with Gasteiger partial charge in [-0.15, -0.1) is 0 Å². The van der Waals surface area contributed by atoms with Gasteiger partial charge >= 0.3 is 0 Å². The lowest BCUT2D eigenvalue weighted by Gasteiger charge is -2.10. The number of hydrogen-bond donors (Lipinski definition) is 1. The Labute approximate surface area is 140 Å². The molecule has 0 saturated heterocycles. The van der Waals surface area contributed by atoms with Crippen LogP contribution in [0.3, 0.4) is 0 Å². The summed E-state index contributed by atoms with van der Waals surface area (Å²) in [5.74, 6) is 0.0196. The smallest absolute Gasteiger partial charge is 0.270 e. The maximum atomic E-state index is 12.4. The van der Waals surface area contributed by atoms with Crippen molar-refractivity contribution in [3.8, 4) is 0 Å². The molecule has 5 nitrogen and oxygen atoms in total. The van der Waals surface area contributed by atoms with Crippen LogP contribution in [0.5, 0.6) is 0 Å². The number of nitrogens with zero attached hydrogens (tertiary/aromatic N) is 2. The van der Waals surface area contributed by atoms with Gasteiger partial charge in [-0.3, -0.25) is 14.0 Å². The summed E-state index contributed by atoms with van der Waals surface area (Å²) >= 11 is 0. The van der Waals surface area contributed by atoms with E-state index in [1.54, 1.807) is 24.4 Å². The van der Waals surface area contributed by atoms with Crippen molar-refractivity contribution >= 4 is 17.2 Å². The van der Waals surface area contributed by atoms with Crippen LogP contribution in [0.15, 0.2) is 59.7 Å². The second-order valence-corrected chi connectivity index (χ2v) is 5.79. The van der Waals surface area contributed by atoms with Crippen LogP contribution in [0, 0.1) is 0 Å². The van der Waals surface area contributed by atoms with E-state index >= 15 is 0 Å². The number of pyridine rings is 1. The van der Waals surface area contributed by atoms with Gasteiger partial charge in [-0.05, 0) is 42.2 Å². The molecule has 1 aromatic carbocycles. The highest BCUT2D eigenvalue weighted by molar-refractivity contribution is 6.03. The van der Waals surface area contributed by atoms with Gasteiger partial charge in [0.25, 0.3) is 11.5 Å². The first-order valence-corrected chi connectivity index (χ1v) is 7.98. The number of rotatable bonds is 4. The van der Waals surface area contributed by atoms with E-state index in [1.807, 2.05) is 24.3 Å². The lowest BCUT2D eigenvalue weighted by atomic mass is 9.99. The molecule has 1 unspecified atom stereocenters. The van der Waals surface area contributed by atoms with E-state index in [2.05, 4.69) is 24.1 Å². The van der Waals surface area contributed by atoms with Gasteiger partial charge in [-0.25, -0.2) is 4.98 Å². The molecule has 0 fully saturated rings. The van der Waals surface area contributed by atoms with Gasteiger partial charge in [-0.2, -0.15) is 0 Å². The van der Waals surface area contributed by atoms with Gasteiger partial charge in [-0.1, -0.05) is 32.0 Å². The zero-order valence-corrected chi connectivity index (χ0v) is 13.7. The van der Waals surface area contributed by atoms with Gasteiger partial charge in [0.1, 0.15) is 11.2 Å². The molecule has 24 heavy (non-hydrogen) atoms. The fourth-order valence-corrected chi connectivity index (χ4v) is 2.51. The normalized spacial score (nSPS) is 12.1. The third-order valence-electron chi connectivity index (χ3n) is 4.21. The van der Waals surface area contributed by atoms with Gasteiger partial charge in [0.2, 0.25) is 0 Å². The molecule has 0 spiro atoms. The monoisotopic (exact) mass is 321 g/mol. The topological polar surface area (TPSA) is 63.5 Å². The lowest BCUT2D eigenvalue weighted by Crippen LogP contribution is -2.26. The van der Waals surface area contributed by atoms with Crippen LogP contribution in [0.4, 0.5) is 5.69 Å². The van der Waals surface area contributed by atoms with Crippen LogP contribution in [-0.2, 0) is 0 Å². The van der Waals surface area contributed by atoms with E-state index in [0.29, 0.717) is 17.3 Å². The summed E-state index contributed by atoms with van der Waals surface area (Å²) in [5, 5.41) is 2.76. The fourth-order valence-electron chi connectivity index (χ4n) is 2.51. The van der Waals surface area contributed by atoms with Crippen LogP contribution in [0.1, 0.15) is 42.1 Å². The van der Waals surface area contributed by atoms with Crippen molar-refractivity contribution < 1.29 is 4.79 Å². The highest BCUT2D eigenvalue weighted by Gasteiger charge is 2.13. The van der Waals surface area contributed by atoms with Crippen molar-refractivity contribution in [1.82, 2.24) is 9.38 Å². The number of amides is 1. The molecule has 1 N–H and O–H groups in total. The molecule has 0 aliphatic carbocycles. The Kier molecular flexibility index (Phi) is 4.42. The molecule has 1 amide bonds. The maximum Gasteiger partial charge on any atom is 0.270 e. The van der Waals surface area contributed by atoms with Crippen molar-refractivity contribution in [1.29, 1.82) is 0 Å². The number of hydrogen-bond acceptors (Lipinski definition) is 3. The molecule has 0 aliphatic rings. The average molecular weight is 321 g/mol. The molecule has 0 radical (unpaired) electrons. The summed E-state index contributed by atoms with van der Waals surface area (Å²) in [4.78, 5) is 28.9. The minimum atomic E-state index is -0.456. The van der Waals surface area contributed by atoms with Gasteiger partial charge in [0.15, 0.2) is 0 Å². The molecule has 122 valence electrons. The Hall–Kier alpha value is -2.95. The molecule has 0 saturated carbocycles. The number of fused-ring (bicyclic) bond motifs is 1. The largest absolute Gasteiger partial charge is 0.322 e. The van der Waals surface area contributed by atoms with E-state index in [4.69, 9.17) is 0 Å². The fraction of sp³-hybridized carbons (Fsp3) is 0.211. The number of aromatic nitrogens is 2. The summed E-state index contributed by atoms with van der Waals surface area (Å²) in [6.07, 6.45) is 3.98. The average Bonchev–Trinajstić information content (AvgIpc) is 2.62. The summed E-state index contributed by atoms with van der Waals surface area (Å²) in [6.45, 7) is 4.30. The van der Waals surface area contributed by atoms with Crippen LogP contribution < -0.4 is 10.9 Å². The number of nitrogens with one attached hydrogen (secondary N) is 1. The molecular weight excluding hydrogens is 302 g/mol. The summed E-state index contributed by atoms with van der Waals surface area (Å²) in [6, 6.07) is 12.9. The second-order valence-electron chi connectivity index (χ2n) is 5.79. The van der Waals surface area contributed by atoms with E-state index < -0.39 is 5.91 Å². The third-order valence-corrected chi connectivity index (χ3v) is 4.21. The quantitative estimate of drug-likeness (QED) is 0.800. The Balaban J connectivity index is 1.85. The lowest BCUT2D eigenvalue weighted by molar-refractivity contribution is 0.102. The van der Waals surface area contributed by atoms with Crippen molar-refractivity contribution in [2.75, 3.05) is 5.32 Å². The zero-order valence-electron chi connectivity index (χ0n) is 13.7. The molecule has 0 aliphatic heterocycles. The van der Waals surface area contributed by atoms with Crippen LogP contribution >= 0.6 is 0 Å². The Morgan fingerprint density at radius 2 is 1.96 bits per heavy atom. The Bertz CT molecular complexity index is 929. The Morgan fingerprint density at radius 1 is 1.21 bits per heavy atom. The van der Waals surface area contributed by atoms with Gasteiger partial charge in [0, 0.05) is 18.1 Å². The number of carbonyl (C=O) groups excluding carboxylic acids is 1. The van der Waals surface area contributed by atoms with Crippen molar-refractivity contribution in [2.24, 2.45) is 0 Å². The van der Waals surface area contributed by atoms with Crippen molar-refractivity contribution in [3.63, 3.8) is 0 Å². The first-order valence-electron chi connectivity index (χ1n) is 7.98. The molecule has 3 rings (SSSR count). The highest BCUT2D eigenvalue weighted by Crippen LogP contribution is 2.20. The summed E-state index contributed by atoms with van der Waals surface area (Å²) in [7, 11) is 0. The first-order chi connectivity index (χ1) is 11.6. The number of anilines is 1. The molecule has 0 bridgehead atoms. The first kappa shape index (κ1) is 15.9. The van der Waals surface area contributed by atoms with Gasteiger partial charge in [0.05, 0.1) is 0 Å². The van der Waals surface area contributed by atoms with Gasteiger partial charge < -0.3 is 5.32 Å². The molecule has 2 heterocycles. The molecule has 5 heteroatoms. The Morgan fingerprint density at radius 3 is 2.67 bits per heavy atom. The molecule has 3 aromatic rings. The number of carbonyl (C=O) groups is 1. The molecule has 1 atom stereocenters. The predicted molar refractivity (Wildman–Crippen MR) is 94.6 cm³/mol. The standard InChI is InChI=1S/C19H19N3O2/c1-3-13(2)14-7-9-15(10-8-14)21-18(23)16-12-20-17-6-4-5-11-22(17)19(16)24/h4-13H,3H2,1-2H3,(H,21,23). The molecular formula is C19H19N3O2. The maximum absolute atomic E-state index is 12.4. The van der Waals surface area contributed by atoms with E-state index in [1.165, 1.54) is 16.2 Å². The van der Waals surface area contributed by atoms with Crippen LogP contribution in [0.2, 0.25) is 0 Å². The van der Waals surface area contributed by atoms with Crippen LogP contribution in [0.25, 0.3) is 5.65 Å². The van der Waals surface area contributed by atoms with E-state index in [-0.39, 0.29) is 11.1 Å². The summed E-state index contributed by atoms with van der Waals surface area (Å²) < 4.78 is 1.36. The third kappa shape index (κ3) is 3.06. The SMILES string of the molecule is CCC(C)c1ccc(NC(=O)c2cnc3ccccn3c2=O)cc1. The summed E-state index contributed by atoms with van der Waals surface area (Å²) in [5.41, 5.74) is 2.03. The van der Waals surface area contributed by atoms with E-state index in [0.717, 1.165) is 6.42 Å². The van der Waals surface area contributed by atoms with E-state index in [9.17, 15) is 9.59 Å². The highest BCUT2D eigenvalue weighted by atomic mass is 16.2. The zero-order chi connectivity index (χ0) is 17.1. The predicted octanol–water partition coefficient (Wildman–Crippen LogP) is 3.46. The molecule has 2 aromatic heterocycles. The minimum Gasteiger partial charge on any atom is -0.322 e. The minimum absolute atomic E-state index is 0.0182. The second kappa shape index (κ2) is 6.66. The van der Waals surface area contributed by atoms with Crippen LogP contribution in [-0.4, -0.2) is 15.3 Å². The van der Waals surface area contributed by atoms with Crippen molar-refractivity contribution in [3.05, 3.63) is 76.3 Å². The van der Waals surface area contributed by atoms with Crippen molar-refractivity contribution in [2.45, 2.75) is 26.2 Å².